The lowest BCUT2D eigenvalue weighted by molar-refractivity contribution is 0.102. The maximum absolute atomic E-state index is 12.4. The fourth-order valence-electron chi connectivity index (χ4n) is 2.42. The van der Waals surface area contributed by atoms with Crippen molar-refractivity contribution in [3.05, 3.63) is 65.9 Å². The second-order valence-corrected chi connectivity index (χ2v) is 5.91. The number of carbonyl (C=O) groups is 1. The van der Waals surface area contributed by atoms with E-state index < -0.39 is 0 Å². The van der Waals surface area contributed by atoms with Gasteiger partial charge >= 0.3 is 0 Å². The van der Waals surface area contributed by atoms with Gasteiger partial charge in [0.2, 0.25) is 0 Å². The molecule has 5 heteroatoms. The van der Waals surface area contributed by atoms with Crippen molar-refractivity contribution in [2.75, 3.05) is 24.3 Å². The smallest absolute Gasteiger partial charge is 0.255 e. The molecule has 1 amide bonds. The summed E-state index contributed by atoms with van der Waals surface area (Å²) >= 11 is 0. The van der Waals surface area contributed by atoms with Gasteiger partial charge in [0.05, 0.1) is 5.69 Å². The molecule has 3 aromatic rings. The summed E-state index contributed by atoms with van der Waals surface area (Å²) in [4.78, 5) is 14.4. The van der Waals surface area contributed by atoms with Gasteiger partial charge < -0.3 is 10.2 Å². The van der Waals surface area contributed by atoms with Crippen molar-refractivity contribution in [3.8, 4) is 11.3 Å². The Morgan fingerprint density at radius 2 is 1.83 bits per heavy atom. The van der Waals surface area contributed by atoms with Gasteiger partial charge in [-0.3, -0.25) is 9.89 Å². The van der Waals surface area contributed by atoms with Crippen LogP contribution in [-0.2, 0) is 0 Å². The molecule has 3 rings (SSSR count). The second kappa shape index (κ2) is 6.58. The van der Waals surface area contributed by atoms with Crippen molar-refractivity contribution in [2.45, 2.75) is 6.92 Å². The van der Waals surface area contributed by atoms with Crippen LogP contribution in [0, 0.1) is 6.92 Å². The molecule has 0 fully saturated rings. The van der Waals surface area contributed by atoms with E-state index in [9.17, 15) is 4.79 Å². The Hall–Kier alpha value is -3.08. The molecule has 0 unspecified atom stereocenters. The van der Waals surface area contributed by atoms with Gasteiger partial charge in [0.1, 0.15) is 0 Å². The monoisotopic (exact) mass is 320 g/mol. The summed E-state index contributed by atoms with van der Waals surface area (Å²) in [6, 6.07) is 17.2. The molecule has 0 saturated heterocycles. The van der Waals surface area contributed by atoms with Gasteiger partial charge in [-0.25, -0.2) is 0 Å². The number of hydrogen-bond acceptors (Lipinski definition) is 3. The molecule has 2 aromatic carbocycles. The minimum atomic E-state index is -0.123. The summed E-state index contributed by atoms with van der Waals surface area (Å²) in [6.07, 6.45) is 0. The average molecular weight is 320 g/mol. The summed E-state index contributed by atoms with van der Waals surface area (Å²) in [7, 11) is 3.90. The molecule has 0 aliphatic carbocycles. The lowest BCUT2D eigenvalue weighted by atomic mass is 10.1. The number of aromatic nitrogens is 2. The third-order valence-corrected chi connectivity index (χ3v) is 3.77. The lowest BCUT2D eigenvalue weighted by Gasteiger charge is -2.13. The summed E-state index contributed by atoms with van der Waals surface area (Å²) in [5, 5.41) is 10.1. The van der Waals surface area contributed by atoms with Crippen LogP contribution in [0.25, 0.3) is 11.3 Å². The Morgan fingerprint density at radius 1 is 1.08 bits per heavy atom. The largest absolute Gasteiger partial charge is 0.378 e. The number of carbonyl (C=O) groups excluding carboxylic acids is 1. The van der Waals surface area contributed by atoms with E-state index in [1.54, 1.807) is 0 Å². The van der Waals surface area contributed by atoms with Gasteiger partial charge in [0.25, 0.3) is 5.91 Å². The highest BCUT2D eigenvalue weighted by Gasteiger charge is 2.08. The van der Waals surface area contributed by atoms with Gasteiger partial charge in [0, 0.05) is 42.3 Å². The van der Waals surface area contributed by atoms with Crippen LogP contribution in [0.2, 0.25) is 0 Å². The molecule has 0 bridgehead atoms. The summed E-state index contributed by atoms with van der Waals surface area (Å²) in [5.41, 5.74) is 5.30. The molecule has 2 N–H and O–H groups in total. The number of rotatable bonds is 4. The van der Waals surface area contributed by atoms with E-state index in [-0.39, 0.29) is 5.91 Å². The minimum absolute atomic E-state index is 0.123. The van der Waals surface area contributed by atoms with Crippen LogP contribution in [0.15, 0.2) is 54.6 Å². The molecular formula is C19H20N4O. The molecule has 1 aromatic heterocycles. The molecule has 5 nitrogen and oxygen atoms in total. The van der Waals surface area contributed by atoms with Crippen molar-refractivity contribution in [1.29, 1.82) is 0 Å². The number of hydrogen-bond donors (Lipinski definition) is 2. The van der Waals surface area contributed by atoms with Crippen molar-refractivity contribution >= 4 is 17.3 Å². The van der Waals surface area contributed by atoms with E-state index in [1.807, 2.05) is 80.5 Å². The number of nitrogens with one attached hydrogen (secondary N) is 2. The Kier molecular flexibility index (Phi) is 4.33. The molecule has 0 saturated carbocycles. The number of amides is 1. The van der Waals surface area contributed by atoms with E-state index >= 15 is 0 Å². The van der Waals surface area contributed by atoms with Crippen LogP contribution in [0.1, 0.15) is 16.1 Å². The SMILES string of the molecule is Cc1cc(-c2ccc(NC(=O)c3cccc(N(C)C)c3)cc2)n[nH]1. The molecule has 0 spiro atoms. The molecule has 24 heavy (non-hydrogen) atoms. The average Bonchev–Trinajstić information content (AvgIpc) is 3.02. The fourth-order valence-corrected chi connectivity index (χ4v) is 2.42. The molecule has 122 valence electrons. The zero-order chi connectivity index (χ0) is 17.1. The summed E-state index contributed by atoms with van der Waals surface area (Å²) in [6.45, 7) is 1.97. The van der Waals surface area contributed by atoms with Crippen LogP contribution < -0.4 is 10.2 Å². The number of H-pyrrole nitrogens is 1. The quantitative estimate of drug-likeness (QED) is 0.770. The van der Waals surface area contributed by atoms with Gasteiger partial charge in [-0.15, -0.1) is 0 Å². The summed E-state index contributed by atoms with van der Waals surface area (Å²) in [5.74, 6) is -0.123. The highest BCUT2D eigenvalue weighted by Crippen LogP contribution is 2.21. The first-order valence-electron chi connectivity index (χ1n) is 7.74. The maximum Gasteiger partial charge on any atom is 0.255 e. The normalized spacial score (nSPS) is 10.5. The van der Waals surface area contributed by atoms with Gasteiger partial charge in [-0.05, 0) is 43.3 Å². The minimum Gasteiger partial charge on any atom is -0.378 e. The van der Waals surface area contributed by atoms with E-state index in [4.69, 9.17) is 0 Å². The first-order chi connectivity index (χ1) is 11.5. The van der Waals surface area contributed by atoms with E-state index in [1.165, 1.54) is 0 Å². The molecule has 0 aliphatic rings. The van der Waals surface area contributed by atoms with Crippen LogP contribution >= 0.6 is 0 Å². The zero-order valence-corrected chi connectivity index (χ0v) is 14.0. The number of nitrogens with zero attached hydrogens (tertiary/aromatic N) is 2. The number of aromatic amines is 1. The number of aryl methyl sites for hydroxylation is 1. The topological polar surface area (TPSA) is 61.0 Å². The molecule has 0 atom stereocenters. The first-order valence-corrected chi connectivity index (χ1v) is 7.74. The predicted octanol–water partition coefficient (Wildman–Crippen LogP) is 3.70. The van der Waals surface area contributed by atoms with Crippen LogP contribution in [0.3, 0.4) is 0 Å². The van der Waals surface area contributed by atoms with Gasteiger partial charge in [-0.2, -0.15) is 5.10 Å². The van der Waals surface area contributed by atoms with Crippen molar-refractivity contribution in [1.82, 2.24) is 10.2 Å². The van der Waals surface area contributed by atoms with Crippen molar-refractivity contribution in [2.24, 2.45) is 0 Å². The number of anilines is 2. The maximum atomic E-state index is 12.4. The number of benzene rings is 2. The third-order valence-electron chi connectivity index (χ3n) is 3.77. The van der Waals surface area contributed by atoms with Gasteiger partial charge in [-0.1, -0.05) is 18.2 Å². The highest BCUT2D eigenvalue weighted by atomic mass is 16.1. The molecular weight excluding hydrogens is 300 g/mol. The third kappa shape index (κ3) is 3.46. The summed E-state index contributed by atoms with van der Waals surface area (Å²) < 4.78 is 0. The molecule has 1 heterocycles. The standard InChI is InChI=1S/C19H20N4O/c1-13-11-18(22-21-13)14-7-9-16(10-8-14)20-19(24)15-5-4-6-17(12-15)23(2)3/h4-12H,1-3H3,(H,20,24)(H,21,22). The second-order valence-electron chi connectivity index (χ2n) is 5.91. The Morgan fingerprint density at radius 3 is 2.46 bits per heavy atom. The molecule has 0 radical (unpaired) electrons. The van der Waals surface area contributed by atoms with E-state index in [2.05, 4.69) is 15.5 Å². The first kappa shape index (κ1) is 15.8. The zero-order valence-electron chi connectivity index (χ0n) is 14.0. The van der Waals surface area contributed by atoms with Crippen molar-refractivity contribution in [3.63, 3.8) is 0 Å². The Balaban J connectivity index is 1.74. The van der Waals surface area contributed by atoms with Crippen LogP contribution in [0.5, 0.6) is 0 Å². The predicted molar refractivity (Wildman–Crippen MR) is 97.5 cm³/mol. The Bertz CT molecular complexity index is 850. The Labute approximate surface area is 141 Å². The molecule has 0 aliphatic heterocycles. The van der Waals surface area contributed by atoms with E-state index in [0.717, 1.165) is 28.3 Å². The van der Waals surface area contributed by atoms with Crippen LogP contribution in [-0.4, -0.2) is 30.2 Å². The van der Waals surface area contributed by atoms with Crippen LogP contribution in [0.4, 0.5) is 11.4 Å². The highest BCUT2D eigenvalue weighted by molar-refractivity contribution is 6.04. The fraction of sp³-hybridized carbons (Fsp3) is 0.158. The van der Waals surface area contributed by atoms with Gasteiger partial charge in [0.15, 0.2) is 0 Å². The van der Waals surface area contributed by atoms with E-state index in [0.29, 0.717) is 5.56 Å². The van der Waals surface area contributed by atoms with Crippen molar-refractivity contribution < 1.29 is 4.79 Å². The lowest BCUT2D eigenvalue weighted by Crippen LogP contribution is -2.14.